The maximum Gasteiger partial charge on any atom is 0.224 e. The highest BCUT2D eigenvalue weighted by Gasteiger charge is 2.35. The molecule has 6 heteroatoms. The standard InChI is InChI=1S/C19H17NO5.C2H6/c1-4-15(21)20-10-8-12-17(14(9-10)25-3)19(23)16-11(18(12)22)6-5-7-13(16)24-2;1-2/h5-9H,4H2,1-3H3,(H,20,21);1-2H3. The van der Waals surface area contributed by atoms with Crippen molar-refractivity contribution in [3.8, 4) is 11.5 Å². The zero-order valence-corrected chi connectivity index (χ0v) is 16.1. The van der Waals surface area contributed by atoms with E-state index in [1.165, 1.54) is 26.4 Å². The van der Waals surface area contributed by atoms with Crippen molar-refractivity contribution >= 4 is 23.2 Å². The fraction of sp³-hybridized carbons (Fsp3) is 0.286. The van der Waals surface area contributed by atoms with E-state index in [1.54, 1.807) is 25.1 Å². The highest BCUT2D eigenvalue weighted by Crippen LogP contribution is 2.38. The fourth-order valence-electron chi connectivity index (χ4n) is 2.91. The van der Waals surface area contributed by atoms with Crippen LogP contribution in [0.25, 0.3) is 0 Å². The first-order valence-electron chi connectivity index (χ1n) is 8.80. The number of ether oxygens (including phenoxy) is 2. The molecule has 1 aliphatic carbocycles. The molecule has 0 heterocycles. The lowest BCUT2D eigenvalue weighted by atomic mass is 9.82. The van der Waals surface area contributed by atoms with Crippen LogP contribution in [0.2, 0.25) is 0 Å². The predicted molar refractivity (Wildman–Crippen MR) is 103 cm³/mol. The molecule has 27 heavy (non-hydrogen) atoms. The number of hydrogen-bond donors (Lipinski definition) is 1. The molecule has 1 N–H and O–H groups in total. The lowest BCUT2D eigenvalue weighted by Crippen LogP contribution is -2.23. The van der Waals surface area contributed by atoms with Crippen LogP contribution >= 0.6 is 0 Å². The van der Waals surface area contributed by atoms with Crippen LogP contribution in [-0.2, 0) is 4.79 Å². The monoisotopic (exact) mass is 369 g/mol. The molecule has 0 unspecified atom stereocenters. The summed E-state index contributed by atoms with van der Waals surface area (Å²) in [6, 6.07) is 7.93. The zero-order valence-electron chi connectivity index (χ0n) is 16.1. The molecule has 2 aromatic carbocycles. The highest BCUT2D eigenvalue weighted by atomic mass is 16.5. The second-order valence-corrected chi connectivity index (χ2v) is 5.54. The normalized spacial score (nSPS) is 11.6. The third-order valence-electron chi connectivity index (χ3n) is 4.12. The minimum absolute atomic E-state index is 0.180. The minimum atomic E-state index is -0.340. The number of nitrogens with one attached hydrogen (secondary N) is 1. The molecular weight excluding hydrogens is 346 g/mol. The molecule has 6 nitrogen and oxygen atoms in total. The Balaban J connectivity index is 0.00000126. The third-order valence-corrected chi connectivity index (χ3v) is 4.12. The Labute approximate surface area is 158 Å². The van der Waals surface area contributed by atoms with Crippen LogP contribution in [0.15, 0.2) is 30.3 Å². The number of amides is 1. The van der Waals surface area contributed by atoms with E-state index in [9.17, 15) is 14.4 Å². The van der Waals surface area contributed by atoms with E-state index < -0.39 is 0 Å². The number of anilines is 1. The summed E-state index contributed by atoms with van der Waals surface area (Å²) in [5, 5.41) is 2.69. The quantitative estimate of drug-likeness (QED) is 0.755. The van der Waals surface area contributed by atoms with Gasteiger partial charge in [-0.05, 0) is 12.1 Å². The number of carbonyl (C=O) groups excluding carboxylic acids is 3. The average Bonchev–Trinajstić information content (AvgIpc) is 2.71. The van der Waals surface area contributed by atoms with E-state index in [-0.39, 0.29) is 45.5 Å². The second-order valence-electron chi connectivity index (χ2n) is 5.54. The summed E-state index contributed by atoms with van der Waals surface area (Å²) in [7, 11) is 2.86. The van der Waals surface area contributed by atoms with Gasteiger partial charge in [0.25, 0.3) is 0 Å². The largest absolute Gasteiger partial charge is 0.496 e. The predicted octanol–water partition coefficient (Wildman–Crippen LogP) is 3.85. The van der Waals surface area contributed by atoms with Gasteiger partial charge >= 0.3 is 0 Å². The molecule has 142 valence electrons. The van der Waals surface area contributed by atoms with E-state index in [0.29, 0.717) is 17.9 Å². The summed E-state index contributed by atoms with van der Waals surface area (Å²) < 4.78 is 10.6. The molecule has 3 rings (SSSR count). The maximum absolute atomic E-state index is 13.0. The Morgan fingerprint density at radius 3 is 2.15 bits per heavy atom. The number of hydrogen-bond acceptors (Lipinski definition) is 5. The van der Waals surface area contributed by atoms with Crippen LogP contribution in [0, 0.1) is 0 Å². The van der Waals surface area contributed by atoms with Crippen LogP contribution in [0.1, 0.15) is 59.0 Å². The van der Waals surface area contributed by atoms with Gasteiger partial charge in [-0.3, -0.25) is 14.4 Å². The first-order chi connectivity index (χ1) is 13.0. The molecule has 2 aromatic rings. The molecule has 0 fully saturated rings. The first-order valence-corrected chi connectivity index (χ1v) is 8.80. The number of carbonyl (C=O) groups is 3. The molecule has 0 bridgehead atoms. The second kappa shape index (κ2) is 8.49. The summed E-state index contributed by atoms with van der Waals surface area (Å²) in [5.41, 5.74) is 1.30. The Hall–Kier alpha value is -3.15. The van der Waals surface area contributed by atoms with Crippen molar-refractivity contribution in [3.63, 3.8) is 0 Å². The molecule has 0 saturated carbocycles. The van der Waals surface area contributed by atoms with Crippen LogP contribution in [0.5, 0.6) is 11.5 Å². The van der Waals surface area contributed by atoms with Crippen LogP contribution in [0.3, 0.4) is 0 Å². The number of methoxy groups -OCH3 is 2. The van der Waals surface area contributed by atoms with E-state index >= 15 is 0 Å². The summed E-state index contributed by atoms with van der Waals surface area (Å²) >= 11 is 0. The van der Waals surface area contributed by atoms with Gasteiger partial charge in [0.1, 0.15) is 11.5 Å². The van der Waals surface area contributed by atoms with Crippen molar-refractivity contribution in [1.29, 1.82) is 0 Å². The lowest BCUT2D eigenvalue weighted by Gasteiger charge is -2.22. The van der Waals surface area contributed by atoms with Crippen molar-refractivity contribution in [2.24, 2.45) is 0 Å². The van der Waals surface area contributed by atoms with Gasteiger partial charge in [-0.2, -0.15) is 0 Å². The topological polar surface area (TPSA) is 81.7 Å². The van der Waals surface area contributed by atoms with Crippen molar-refractivity contribution in [1.82, 2.24) is 0 Å². The third kappa shape index (κ3) is 3.56. The fourth-order valence-corrected chi connectivity index (χ4v) is 2.91. The molecule has 0 radical (unpaired) electrons. The Morgan fingerprint density at radius 1 is 0.926 bits per heavy atom. The molecule has 0 spiro atoms. The van der Waals surface area contributed by atoms with Crippen molar-refractivity contribution in [2.45, 2.75) is 27.2 Å². The number of fused-ring (bicyclic) bond motifs is 2. The Kier molecular flexibility index (Phi) is 6.34. The van der Waals surface area contributed by atoms with Gasteiger partial charge in [-0.15, -0.1) is 0 Å². The lowest BCUT2D eigenvalue weighted by molar-refractivity contribution is -0.115. The van der Waals surface area contributed by atoms with Crippen LogP contribution in [-0.4, -0.2) is 31.7 Å². The van der Waals surface area contributed by atoms with Crippen molar-refractivity contribution in [2.75, 3.05) is 19.5 Å². The minimum Gasteiger partial charge on any atom is -0.496 e. The highest BCUT2D eigenvalue weighted by molar-refractivity contribution is 6.30. The van der Waals surface area contributed by atoms with Gasteiger partial charge in [0, 0.05) is 29.3 Å². The first kappa shape index (κ1) is 20.2. The Bertz CT molecular complexity index is 902. The van der Waals surface area contributed by atoms with Crippen LogP contribution < -0.4 is 14.8 Å². The molecule has 0 aliphatic heterocycles. The van der Waals surface area contributed by atoms with Gasteiger partial charge in [0.05, 0.1) is 25.3 Å². The van der Waals surface area contributed by atoms with E-state index in [0.717, 1.165) is 0 Å². The molecule has 0 aromatic heterocycles. The summed E-state index contributed by atoms with van der Waals surface area (Å²) in [6.45, 7) is 5.72. The summed E-state index contributed by atoms with van der Waals surface area (Å²) in [6.07, 6.45) is 0.298. The van der Waals surface area contributed by atoms with E-state index in [1.807, 2.05) is 13.8 Å². The van der Waals surface area contributed by atoms with E-state index in [4.69, 9.17) is 9.47 Å². The molecule has 1 aliphatic rings. The van der Waals surface area contributed by atoms with Crippen molar-refractivity contribution < 1.29 is 23.9 Å². The maximum atomic E-state index is 13.0. The SMILES string of the molecule is CC.CCC(=O)Nc1cc(OC)c2c(c1)C(=O)c1cccc(OC)c1C2=O. The summed E-state index contributed by atoms with van der Waals surface area (Å²) in [5.74, 6) is -0.272. The number of benzene rings is 2. The molecular formula is C21H23NO5. The molecule has 0 atom stereocenters. The van der Waals surface area contributed by atoms with Gasteiger partial charge in [0.15, 0.2) is 5.78 Å². The van der Waals surface area contributed by atoms with Crippen LogP contribution in [0.4, 0.5) is 5.69 Å². The smallest absolute Gasteiger partial charge is 0.224 e. The van der Waals surface area contributed by atoms with Gasteiger partial charge in [-0.1, -0.05) is 32.9 Å². The van der Waals surface area contributed by atoms with E-state index in [2.05, 4.69) is 5.32 Å². The van der Waals surface area contributed by atoms with Gasteiger partial charge < -0.3 is 14.8 Å². The number of ketones is 2. The Morgan fingerprint density at radius 2 is 1.56 bits per heavy atom. The van der Waals surface area contributed by atoms with Crippen molar-refractivity contribution in [3.05, 3.63) is 52.6 Å². The average molecular weight is 369 g/mol. The molecule has 1 amide bonds. The van der Waals surface area contributed by atoms with Gasteiger partial charge in [-0.25, -0.2) is 0 Å². The number of rotatable bonds is 4. The van der Waals surface area contributed by atoms with Gasteiger partial charge in [0.2, 0.25) is 11.7 Å². The summed E-state index contributed by atoms with van der Waals surface area (Å²) in [4.78, 5) is 37.6. The zero-order chi connectivity index (χ0) is 20.1. The molecule has 0 saturated heterocycles.